The van der Waals surface area contributed by atoms with E-state index in [4.69, 9.17) is 4.74 Å². The summed E-state index contributed by atoms with van der Waals surface area (Å²) in [7, 11) is -1.85. The van der Waals surface area contributed by atoms with E-state index < -0.39 is 10.0 Å². The van der Waals surface area contributed by atoms with E-state index in [9.17, 15) is 13.2 Å². The number of nitrogens with one attached hydrogen (secondary N) is 1. The molecule has 29 heavy (non-hydrogen) atoms. The smallest absolute Gasteiger partial charge is 0.232 e. The van der Waals surface area contributed by atoms with Gasteiger partial charge < -0.3 is 15.0 Å². The maximum absolute atomic E-state index is 12.1. The topological polar surface area (TPSA) is 79.0 Å². The first-order valence-corrected chi connectivity index (χ1v) is 12.4. The van der Waals surface area contributed by atoms with Crippen molar-refractivity contribution in [2.45, 2.75) is 44.9 Å². The molecule has 1 aliphatic rings. The van der Waals surface area contributed by atoms with E-state index in [2.05, 4.69) is 10.2 Å². The average molecular weight is 426 g/mol. The number of anilines is 1. The number of sulfonamides is 1. The molecular formula is C21H35N3O4S. The molecule has 1 aliphatic heterocycles. The van der Waals surface area contributed by atoms with Crippen LogP contribution in [0.25, 0.3) is 0 Å². The van der Waals surface area contributed by atoms with Gasteiger partial charge >= 0.3 is 0 Å². The van der Waals surface area contributed by atoms with Gasteiger partial charge in [0.2, 0.25) is 15.9 Å². The summed E-state index contributed by atoms with van der Waals surface area (Å²) in [4.78, 5) is 14.6. The van der Waals surface area contributed by atoms with E-state index in [-0.39, 0.29) is 12.5 Å². The molecule has 1 heterocycles. The first-order chi connectivity index (χ1) is 13.9. The summed E-state index contributed by atoms with van der Waals surface area (Å²) in [6, 6.07) is 6.88. The third-order valence-corrected chi connectivity index (χ3v) is 6.39. The van der Waals surface area contributed by atoms with E-state index in [0.29, 0.717) is 30.8 Å². The number of carbonyl (C=O) groups excluding carboxylic acids is 1. The Bertz CT molecular complexity index is 714. The summed E-state index contributed by atoms with van der Waals surface area (Å²) in [5.74, 6) is 0.644. The lowest BCUT2D eigenvalue weighted by molar-refractivity contribution is -0.121. The first kappa shape index (κ1) is 23.5. The minimum atomic E-state index is -3.42. The van der Waals surface area contributed by atoms with E-state index >= 15 is 0 Å². The number of hydrogen-bond acceptors (Lipinski definition) is 5. The van der Waals surface area contributed by atoms with Gasteiger partial charge in [-0.1, -0.05) is 12.8 Å². The largest absolute Gasteiger partial charge is 0.497 e. The highest BCUT2D eigenvalue weighted by Gasteiger charge is 2.17. The molecule has 1 saturated heterocycles. The van der Waals surface area contributed by atoms with Crippen LogP contribution >= 0.6 is 0 Å². The lowest BCUT2D eigenvalue weighted by atomic mass is 10.2. The quantitative estimate of drug-likeness (QED) is 0.552. The predicted octanol–water partition coefficient (Wildman–Crippen LogP) is 2.62. The molecule has 0 bridgehead atoms. The second-order valence-corrected chi connectivity index (χ2v) is 9.50. The van der Waals surface area contributed by atoms with Gasteiger partial charge in [0.15, 0.2) is 0 Å². The van der Waals surface area contributed by atoms with Gasteiger partial charge in [-0.25, -0.2) is 8.42 Å². The highest BCUT2D eigenvalue weighted by molar-refractivity contribution is 7.92. The summed E-state index contributed by atoms with van der Waals surface area (Å²) < 4.78 is 30.7. The second-order valence-electron chi connectivity index (χ2n) is 7.60. The van der Waals surface area contributed by atoms with E-state index in [0.717, 1.165) is 13.0 Å². The van der Waals surface area contributed by atoms with Crippen molar-refractivity contribution in [1.29, 1.82) is 0 Å². The van der Waals surface area contributed by atoms with Crippen LogP contribution < -0.4 is 14.4 Å². The van der Waals surface area contributed by atoms with E-state index in [1.54, 1.807) is 31.4 Å². The Balaban J connectivity index is 1.70. The Morgan fingerprint density at radius 3 is 2.34 bits per heavy atom. The first-order valence-electron chi connectivity index (χ1n) is 10.5. The second kappa shape index (κ2) is 12.0. The Kier molecular flexibility index (Phi) is 9.73. The van der Waals surface area contributed by atoms with Crippen molar-refractivity contribution in [3.8, 4) is 5.75 Å². The van der Waals surface area contributed by atoms with Crippen molar-refractivity contribution in [2.75, 3.05) is 50.4 Å². The Hall–Kier alpha value is -1.80. The number of methoxy groups -OCH3 is 1. The molecule has 0 aromatic heterocycles. The fourth-order valence-corrected chi connectivity index (χ4v) is 4.56. The zero-order valence-electron chi connectivity index (χ0n) is 17.7. The lowest BCUT2D eigenvalue weighted by Crippen LogP contribution is -2.33. The van der Waals surface area contributed by atoms with Gasteiger partial charge in [0.25, 0.3) is 0 Å². The molecule has 0 aliphatic carbocycles. The van der Waals surface area contributed by atoms with Crippen LogP contribution in [0.1, 0.15) is 44.9 Å². The Labute approximate surface area is 175 Å². The average Bonchev–Trinajstić information content (AvgIpc) is 2.97. The van der Waals surface area contributed by atoms with Crippen molar-refractivity contribution in [3.05, 3.63) is 24.3 Å². The van der Waals surface area contributed by atoms with Crippen molar-refractivity contribution in [2.24, 2.45) is 0 Å². The molecule has 7 nitrogen and oxygen atoms in total. The van der Waals surface area contributed by atoms with Crippen molar-refractivity contribution < 1.29 is 17.9 Å². The van der Waals surface area contributed by atoms with Crippen molar-refractivity contribution in [1.82, 2.24) is 10.2 Å². The molecule has 1 aromatic carbocycles. The van der Waals surface area contributed by atoms with Crippen molar-refractivity contribution in [3.63, 3.8) is 0 Å². The van der Waals surface area contributed by atoms with Crippen LogP contribution in [0.3, 0.4) is 0 Å². The fourth-order valence-electron chi connectivity index (χ4n) is 3.60. The molecule has 0 radical (unpaired) electrons. The number of ether oxygens (including phenoxy) is 1. The number of carbonyl (C=O) groups is 1. The maximum Gasteiger partial charge on any atom is 0.232 e. The highest BCUT2D eigenvalue weighted by Crippen LogP contribution is 2.21. The van der Waals surface area contributed by atoms with Gasteiger partial charge in [-0.05, 0) is 69.6 Å². The van der Waals surface area contributed by atoms with Gasteiger partial charge in [0, 0.05) is 19.5 Å². The SMILES string of the molecule is COc1ccc(N(CCCC(=O)NCCCN2CCCCCC2)S(C)(=O)=O)cc1. The van der Waals surface area contributed by atoms with E-state index in [1.165, 1.54) is 49.3 Å². The number of hydrogen-bond donors (Lipinski definition) is 1. The third kappa shape index (κ3) is 8.62. The molecule has 164 valence electrons. The molecule has 1 N–H and O–H groups in total. The monoisotopic (exact) mass is 425 g/mol. The molecule has 0 atom stereocenters. The Morgan fingerprint density at radius 2 is 1.76 bits per heavy atom. The van der Waals surface area contributed by atoms with Gasteiger partial charge in [0.1, 0.15) is 5.75 Å². The molecule has 8 heteroatoms. The van der Waals surface area contributed by atoms with Crippen LogP contribution in [0.5, 0.6) is 5.75 Å². The summed E-state index contributed by atoms with van der Waals surface area (Å²) in [6.07, 6.45) is 8.12. The molecule has 0 unspecified atom stereocenters. The molecule has 0 spiro atoms. The molecular weight excluding hydrogens is 390 g/mol. The van der Waals surface area contributed by atoms with Crippen molar-refractivity contribution >= 4 is 21.6 Å². The zero-order chi connectivity index (χ0) is 21.1. The standard InChI is InChI=1S/C21H35N3O4S/c1-28-20-12-10-19(11-13-20)24(29(2,26)27)18-7-9-21(25)22-14-8-17-23-15-5-3-4-6-16-23/h10-13H,3-9,14-18H2,1-2H3,(H,22,25). The van der Waals surface area contributed by atoms with Crippen LogP contribution in [0.4, 0.5) is 5.69 Å². The maximum atomic E-state index is 12.1. The molecule has 1 fully saturated rings. The number of amides is 1. The molecule has 1 aromatic rings. The number of benzene rings is 1. The summed E-state index contributed by atoms with van der Waals surface area (Å²) >= 11 is 0. The minimum absolute atomic E-state index is 0.0240. The van der Waals surface area contributed by atoms with Gasteiger partial charge in [-0.15, -0.1) is 0 Å². The molecule has 2 rings (SSSR count). The van der Waals surface area contributed by atoms with Gasteiger partial charge in [-0.2, -0.15) is 0 Å². The number of nitrogens with zero attached hydrogens (tertiary/aromatic N) is 2. The number of rotatable bonds is 11. The highest BCUT2D eigenvalue weighted by atomic mass is 32.2. The summed E-state index contributed by atoms with van der Waals surface area (Å²) in [5, 5.41) is 2.96. The van der Waals surface area contributed by atoms with Crippen LogP contribution in [0.15, 0.2) is 24.3 Å². The summed E-state index contributed by atoms with van der Waals surface area (Å²) in [6.45, 7) is 4.30. The molecule has 0 saturated carbocycles. The van der Waals surface area contributed by atoms with Crippen LogP contribution in [-0.4, -0.2) is 65.3 Å². The fraction of sp³-hybridized carbons (Fsp3) is 0.667. The Morgan fingerprint density at radius 1 is 1.10 bits per heavy atom. The normalized spacial score (nSPS) is 15.5. The summed E-state index contributed by atoms with van der Waals surface area (Å²) in [5.41, 5.74) is 0.575. The van der Waals surface area contributed by atoms with Gasteiger partial charge in [0.05, 0.1) is 19.1 Å². The van der Waals surface area contributed by atoms with Crippen LogP contribution in [0, 0.1) is 0 Å². The van der Waals surface area contributed by atoms with Crippen LogP contribution in [-0.2, 0) is 14.8 Å². The minimum Gasteiger partial charge on any atom is -0.497 e. The van der Waals surface area contributed by atoms with E-state index in [1.807, 2.05) is 0 Å². The van der Waals surface area contributed by atoms with Gasteiger partial charge in [-0.3, -0.25) is 9.10 Å². The molecule has 1 amide bonds. The lowest BCUT2D eigenvalue weighted by Gasteiger charge is -2.22. The third-order valence-electron chi connectivity index (χ3n) is 5.20. The van der Waals surface area contributed by atoms with Crippen LogP contribution in [0.2, 0.25) is 0 Å². The zero-order valence-corrected chi connectivity index (χ0v) is 18.5. The number of likely N-dealkylation sites (tertiary alicyclic amines) is 1. The predicted molar refractivity (Wildman–Crippen MR) is 117 cm³/mol.